The zero-order valence-corrected chi connectivity index (χ0v) is 16.9. The average Bonchev–Trinajstić information content (AvgIpc) is 2.68. The van der Waals surface area contributed by atoms with Crippen LogP contribution in [0.3, 0.4) is 0 Å². The van der Waals surface area contributed by atoms with E-state index in [9.17, 15) is 0 Å². The van der Waals surface area contributed by atoms with Crippen molar-refractivity contribution >= 4 is 5.96 Å². The largest absolute Gasteiger partial charge is 0.497 e. The summed E-state index contributed by atoms with van der Waals surface area (Å²) in [5, 5.41) is 6.84. The van der Waals surface area contributed by atoms with E-state index in [0.717, 1.165) is 29.6 Å². The minimum atomic E-state index is 0.107. The highest BCUT2D eigenvalue weighted by atomic mass is 16.5. The van der Waals surface area contributed by atoms with E-state index in [2.05, 4.69) is 34.4 Å². The molecule has 146 valence electrons. The van der Waals surface area contributed by atoms with Gasteiger partial charge in [-0.3, -0.25) is 9.89 Å². The predicted molar refractivity (Wildman–Crippen MR) is 107 cm³/mol. The van der Waals surface area contributed by atoms with Gasteiger partial charge in [-0.1, -0.05) is 6.42 Å². The quantitative estimate of drug-likeness (QED) is 0.577. The van der Waals surface area contributed by atoms with Crippen molar-refractivity contribution in [3.05, 3.63) is 23.8 Å². The molecule has 0 spiro atoms. The first-order chi connectivity index (χ1) is 12.5. The Morgan fingerprint density at radius 2 is 1.85 bits per heavy atom. The fourth-order valence-electron chi connectivity index (χ4n) is 3.31. The van der Waals surface area contributed by atoms with Gasteiger partial charge < -0.3 is 20.1 Å². The van der Waals surface area contributed by atoms with Crippen molar-refractivity contribution in [2.45, 2.75) is 45.2 Å². The highest BCUT2D eigenvalue weighted by molar-refractivity contribution is 5.79. The molecule has 1 aromatic carbocycles. The minimum absolute atomic E-state index is 0.107. The van der Waals surface area contributed by atoms with E-state index >= 15 is 0 Å². The molecule has 0 aliphatic carbocycles. The number of rotatable bonds is 7. The summed E-state index contributed by atoms with van der Waals surface area (Å²) < 4.78 is 10.7. The van der Waals surface area contributed by atoms with Crippen LogP contribution in [-0.4, -0.2) is 57.3 Å². The number of aliphatic imine (C=N–C) groups is 1. The molecule has 0 unspecified atom stereocenters. The molecule has 2 N–H and O–H groups in total. The number of nitrogens with zero attached hydrogens (tertiary/aromatic N) is 2. The zero-order valence-electron chi connectivity index (χ0n) is 16.9. The molecule has 6 nitrogen and oxygen atoms in total. The SMILES string of the molecule is CN=C(NCc1ccc(OC)cc1OC)NCC(C)(C)N1CCCCC1. The number of guanidine groups is 1. The highest BCUT2D eigenvalue weighted by Gasteiger charge is 2.27. The van der Waals surface area contributed by atoms with Crippen LogP contribution < -0.4 is 20.1 Å². The number of nitrogens with one attached hydrogen (secondary N) is 2. The molecule has 1 fully saturated rings. The number of ether oxygens (including phenoxy) is 2. The van der Waals surface area contributed by atoms with Gasteiger partial charge in [0, 0.05) is 37.3 Å². The molecule has 26 heavy (non-hydrogen) atoms. The van der Waals surface area contributed by atoms with Gasteiger partial charge in [0.15, 0.2) is 5.96 Å². The van der Waals surface area contributed by atoms with Crippen molar-refractivity contribution in [3.63, 3.8) is 0 Å². The summed E-state index contributed by atoms with van der Waals surface area (Å²) in [5.74, 6) is 2.39. The van der Waals surface area contributed by atoms with E-state index in [1.54, 1.807) is 21.3 Å². The number of likely N-dealkylation sites (tertiary alicyclic amines) is 1. The second kappa shape index (κ2) is 9.67. The van der Waals surface area contributed by atoms with Crippen LogP contribution in [0.25, 0.3) is 0 Å². The van der Waals surface area contributed by atoms with E-state index in [1.165, 1.54) is 32.4 Å². The third-order valence-electron chi connectivity index (χ3n) is 5.06. The van der Waals surface area contributed by atoms with Crippen LogP contribution in [0.5, 0.6) is 11.5 Å². The molecule has 0 atom stereocenters. The fourth-order valence-corrected chi connectivity index (χ4v) is 3.31. The molecular weight excluding hydrogens is 328 g/mol. The molecule has 6 heteroatoms. The van der Waals surface area contributed by atoms with Gasteiger partial charge in [-0.05, 0) is 51.9 Å². The molecule has 0 radical (unpaired) electrons. The molecule has 1 aromatic rings. The Kier molecular flexibility index (Phi) is 7.57. The fraction of sp³-hybridized carbons (Fsp3) is 0.650. The normalized spacial score (nSPS) is 16.3. The lowest BCUT2D eigenvalue weighted by atomic mass is 9.98. The Morgan fingerprint density at radius 3 is 2.46 bits per heavy atom. The van der Waals surface area contributed by atoms with Crippen molar-refractivity contribution in [1.82, 2.24) is 15.5 Å². The maximum atomic E-state index is 5.46. The first-order valence-electron chi connectivity index (χ1n) is 9.40. The number of methoxy groups -OCH3 is 2. The Hall–Kier alpha value is -1.95. The van der Waals surface area contributed by atoms with Crippen LogP contribution in [0.1, 0.15) is 38.7 Å². The lowest BCUT2D eigenvalue weighted by Gasteiger charge is -2.41. The average molecular weight is 363 g/mol. The summed E-state index contributed by atoms with van der Waals surface area (Å²) >= 11 is 0. The second-order valence-corrected chi connectivity index (χ2v) is 7.32. The van der Waals surface area contributed by atoms with Crippen molar-refractivity contribution in [2.24, 2.45) is 4.99 Å². The van der Waals surface area contributed by atoms with Crippen molar-refractivity contribution in [1.29, 1.82) is 0 Å². The second-order valence-electron chi connectivity index (χ2n) is 7.32. The Bertz CT molecular complexity index is 595. The smallest absolute Gasteiger partial charge is 0.191 e. The Morgan fingerprint density at radius 1 is 1.12 bits per heavy atom. The van der Waals surface area contributed by atoms with Crippen LogP contribution in [0.2, 0.25) is 0 Å². The van der Waals surface area contributed by atoms with Crippen LogP contribution in [0.15, 0.2) is 23.2 Å². The molecule has 1 saturated heterocycles. The van der Waals surface area contributed by atoms with Crippen molar-refractivity contribution < 1.29 is 9.47 Å². The summed E-state index contributed by atoms with van der Waals surface area (Å²) in [7, 11) is 5.13. The Labute approximate surface area is 158 Å². The zero-order chi connectivity index (χ0) is 19.0. The van der Waals surface area contributed by atoms with Crippen LogP contribution in [0, 0.1) is 0 Å². The van der Waals surface area contributed by atoms with Crippen molar-refractivity contribution in [2.75, 3.05) is 40.9 Å². The Balaban J connectivity index is 1.89. The van der Waals surface area contributed by atoms with Crippen LogP contribution in [0.4, 0.5) is 0 Å². The summed E-state index contributed by atoms with van der Waals surface area (Å²) in [6, 6.07) is 5.84. The van der Waals surface area contributed by atoms with E-state index in [4.69, 9.17) is 9.47 Å². The van der Waals surface area contributed by atoms with E-state index in [-0.39, 0.29) is 5.54 Å². The first kappa shape index (κ1) is 20.4. The lowest BCUT2D eigenvalue weighted by molar-refractivity contribution is 0.0982. The molecule has 0 bridgehead atoms. The van der Waals surface area contributed by atoms with Gasteiger partial charge in [0.05, 0.1) is 14.2 Å². The molecule has 1 heterocycles. The van der Waals surface area contributed by atoms with E-state index in [1.807, 2.05) is 18.2 Å². The minimum Gasteiger partial charge on any atom is -0.497 e. The van der Waals surface area contributed by atoms with Gasteiger partial charge in [-0.2, -0.15) is 0 Å². The number of hydrogen-bond acceptors (Lipinski definition) is 4. The molecule has 0 amide bonds. The number of benzene rings is 1. The van der Waals surface area contributed by atoms with Gasteiger partial charge in [0.25, 0.3) is 0 Å². The third kappa shape index (κ3) is 5.53. The monoisotopic (exact) mass is 362 g/mol. The number of hydrogen-bond donors (Lipinski definition) is 2. The van der Waals surface area contributed by atoms with E-state index < -0.39 is 0 Å². The molecule has 2 rings (SSSR count). The lowest BCUT2D eigenvalue weighted by Crippen LogP contribution is -2.54. The summed E-state index contributed by atoms with van der Waals surface area (Å²) in [4.78, 5) is 6.92. The molecule has 1 aliphatic heterocycles. The van der Waals surface area contributed by atoms with Gasteiger partial charge in [0.1, 0.15) is 11.5 Å². The summed E-state index contributed by atoms with van der Waals surface area (Å²) in [5.41, 5.74) is 1.17. The molecule has 0 aromatic heterocycles. The third-order valence-corrected chi connectivity index (χ3v) is 5.06. The van der Waals surface area contributed by atoms with Crippen molar-refractivity contribution in [3.8, 4) is 11.5 Å². The van der Waals surface area contributed by atoms with Gasteiger partial charge in [-0.15, -0.1) is 0 Å². The standard InChI is InChI=1S/C20H34N4O2/c1-20(2,24-11-7-6-8-12-24)15-23-19(21-3)22-14-16-9-10-17(25-4)13-18(16)26-5/h9-10,13H,6-8,11-12,14-15H2,1-5H3,(H2,21,22,23). The van der Waals surface area contributed by atoms with E-state index in [0.29, 0.717) is 6.54 Å². The summed E-state index contributed by atoms with van der Waals surface area (Å²) in [6.45, 7) is 8.45. The van der Waals surface area contributed by atoms with Crippen LogP contribution in [-0.2, 0) is 6.54 Å². The molecular formula is C20H34N4O2. The predicted octanol–water partition coefficient (Wildman–Crippen LogP) is 2.63. The molecule has 1 aliphatic rings. The van der Waals surface area contributed by atoms with Crippen LogP contribution >= 0.6 is 0 Å². The highest BCUT2D eigenvalue weighted by Crippen LogP contribution is 2.24. The number of piperidine rings is 1. The first-order valence-corrected chi connectivity index (χ1v) is 9.40. The van der Waals surface area contributed by atoms with Gasteiger partial charge >= 0.3 is 0 Å². The maximum Gasteiger partial charge on any atom is 0.191 e. The molecule has 0 saturated carbocycles. The maximum absolute atomic E-state index is 5.46. The van der Waals surface area contributed by atoms with Gasteiger partial charge in [0.2, 0.25) is 0 Å². The summed E-state index contributed by atoms with van der Waals surface area (Å²) in [6.07, 6.45) is 3.95. The van der Waals surface area contributed by atoms with Gasteiger partial charge in [-0.25, -0.2) is 0 Å². The topological polar surface area (TPSA) is 58.1 Å².